The summed E-state index contributed by atoms with van der Waals surface area (Å²) < 4.78 is 10.6. The lowest BCUT2D eigenvalue weighted by Crippen LogP contribution is -2.17. The monoisotopic (exact) mass is 328 g/mol. The van der Waals surface area contributed by atoms with Crippen molar-refractivity contribution in [3.8, 4) is 0 Å². The smallest absolute Gasteiger partial charge is 0.306 e. The first-order valence-corrected chi connectivity index (χ1v) is 9.49. The van der Waals surface area contributed by atoms with E-state index >= 15 is 0 Å². The Bertz CT molecular complexity index is 302. The van der Waals surface area contributed by atoms with Gasteiger partial charge in [-0.15, -0.1) is 0 Å². The van der Waals surface area contributed by atoms with E-state index in [0.29, 0.717) is 25.9 Å². The van der Waals surface area contributed by atoms with Gasteiger partial charge in [-0.3, -0.25) is 9.59 Å². The molecule has 1 unspecified atom stereocenters. The lowest BCUT2D eigenvalue weighted by atomic mass is 10.1. The van der Waals surface area contributed by atoms with E-state index in [9.17, 15) is 9.59 Å². The lowest BCUT2D eigenvalue weighted by molar-refractivity contribution is -0.150. The summed E-state index contributed by atoms with van der Waals surface area (Å²) in [6, 6.07) is 0. The van der Waals surface area contributed by atoms with Crippen LogP contribution in [0.3, 0.4) is 0 Å². The first-order valence-electron chi connectivity index (χ1n) is 9.49. The molecule has 0 saturated heterocycles. The molecule has 4 heteroatoms. The van der Waals surface area contributed by atoms with Gasteiger partial charge in [0.05, 0.1) is 6.61 Å². The summed E-state index contributed by atoms with van der Waals surface area (Å²) in [7, 11) is 0. The largest absolute Gasteiger partial charge is 0.466 e. The molecule has 0 fully saturated rings. The zero-order chi connectivity index (χ0) is 17.3. The molecule has 0 rings (SSSR count). The average molecular weight is 328 g/mol. The maximum atomic E-state index is 11.7. The van der Waals surface area contributed by atoms with E-state index in [1.807, 2.05) is 6.92 Å². The van der Waals surface area contributed by atoms with Gasteiger partial charge in [-0.05, 0) is 25.7 Å². The Labute approximate surface area is 142 Å². The van der Waals surface area contributed by atoms with Crippen LogP contribution in [0.1, 0.15) is 97.8 Å². The van der Waals surface area contributed by atoms with Crippen molar-refractivity contribution < 1.29 is 19.1 Å². The molecule has 0 aromatic heterocycles. The number of carbonyl (C=O) groups excluding carboxylic acids is 2. The second-order valence-electron chi connectivity index (χ2n) is 6.15. The second-order valence-corrected chi connectivity index (χ2v) is 6.15. The zero-order valence-electron chi connectivity index (χ0n) is 15.4. The van der Waals surface area contributed by atoms with Gasteiger partial charge in [-0.1, -0.05) is 59.3 Å². The van der Waals surface area contributed by atoms with Gasteiger partial charge >= 0.3 is 11.9 Å². The summed E-state index contributed by atoms with van der Waals surface area (Å²) in [5.74, 6) is -0.402. The van der Waals surface area contributed by atoms with Gasteiger partial charge in [0.1, 0.15) is 6.10 Å². The predicted octanol–water partition coefficient (Wildman–Crippen LogP) is 5.18. The minimum atomic E-state index is -0.202. The van der Waals surface area contributed by atoms with E-state index in [1.165, 1.54) is 25.7 Å². The SMILES string of the molecule is CCCCCCCCOC(=O)CCCC(=O)OC(CC)CCC. The van der Waals surface area contributed by atoms with Gasteiger partial charge < -0.3 is 9.47 Å². The van der Waals surface area contributed by atoms with Crippen LogP contribution >= 0.6 is 0 Å². The highest BCUT2D eigenvalue weighted by Gasteiger charge is 2.12. The number of ether oxygens (including phenoxy) is 2. The Hall–Kier alpha value is -1.06. The highest BCUT2D eigenvalue weighted by atomic mass is 16.5. The van der Waals surface area contributed by atoms with Crippen molar-refractivity contribution in [2.24, 2.45) is 0 Å². The van der Waals surface area contributed by atoms with Gasteiger partial charge in [0.2, 0.25) is 0 Å². The second kappa shape index (κ2) is 15.8. The summed E-state index contributed by atoms with van der Waals surface area (Å²) in [5.41, 5.74) is 0. The Morgan fingerprint density at radius 2 is 1.43 bits per heavy atom. The molecule has 1 atom stereocenters. The molecule has 0 radical (unpaired) electrons. The van der Waals surface area contributed by atoms with E-state index in [-0.39, 0.29) is 18.0 Å². The van der Waals surface area contributed by atoms with Gasteiger partial charge in [0, 0.05) is 12.8 Å². The first kappa shape index (κ1) is 21.9. The number of carbonyl (C=O) groups is 2. The van der Waals surface area contributed by atoms with E-state index in [1.54, 1.807) is 0 Å². The number of hydrogen-bond acceptors (Lipinski definition) is 4. The highest BCUT2D eigenvalue weighted by Crippen LogP contribution is 2.10. The standard InChI is InChI=1S/C19H36O4/c1-4-7-8-9-10-11-16-22-18(20)14-12-15-19(21)23-17(6-3)13-5-2/h17H,4-16H2,1-3H3. The Morgan fingerprint density at radius 1 is 0.783 bits per heavy atom. The molecule has 0 saturated carbocycles. The minimum absolute atomic E-state index is 0.0205. The van der Waals surface area contributed by atoms with Crippen molar-refractivity contribution >= 4 is 11.9 Å². The maximum absolute atomic E-state index is 11.7. The third-order valence-corrected chi connectivity index (χ3v) is 3.89. The molecule has 0 N–H and O–H groups in total. The fraction of sp³-hybridized carbons (Fsp3) is 0.895. The van der Waals surface area contributed by atoms with Crippen LogP contribution < -0.4 is 0 Å². The van der Waals surface area contributed by atoms with Crippen LogP contribution in [0.2, 0.25) is 0 Å². The van der Waals surface area contributed by atoms with Gasteiger partial charge in [0.15, 0.2) is 0 Å². The lowest BCUT2D eigenvalue weighted by Gasteiger charge is -2.15. The molecule has 0 aromatic carbocycles. The normalized spacial score (nSPS) is 12.0. The molecule has 0 aliphatic carbocycles. The van der Waals surface area contributed by atoms with Crippen LogP contribution in [0, 0.1) is 0 Å². The third kappa shape index (κ3) is 14.3. The number of rotatable bonds is 15. The first-order chi connectivity index (χ1) is 11.1. The molecule has 0 aromatic rings. The van der Waals surface area contributed by atoms with E-state index < -0.39 is 0 Å². The van der Waals surface area contributed by atoms with Crippen LogP contribution in [0.4, 0.5) is 0 Å². The number of unbranched alkanes of at least 4 members (excludes halogenated alkanes) is 5. The van der Waals surface area contributed by atoms with Gasteiger partial charge in [-0.2, -0.15) is 0 Å². The molecule has 0 aliphatic rings. The Morgan fingerprint density at radius 3 is 2.09 bits per heavy atom. The summed E-state index contributed by atoms with van der Waals surface area (Å²) >= 11 is 0. The fourth-order valence-electron chi connectivity index (χ4n) is 2.43. The summed E-state index contributed by atoms with van der Waals surface area (Å²) in [5, 5.41) is 0. The summed E-state index contributed by atoms with van der Waals surface area (Å²) in [4.78, 5) is 23.2. The average Bonchev–Trinajstić information content (AvgIpc) is 2.53. The topological polar surface area (TPSA) is 52.6 Å². The molecule has 4 nitrogen and oxygen atoms in total. The van der Waals surface area contributed by atoms with Crippen LogP contribution in [0.15, 0.2) is 0 Å². The summed E-state index contributed by atoms with van der Waals surface area (Å²) in [6.07, 6.45) is 11.0. The quantitative estimate of drug-likeness (QED) is 0.307. The van der Waals surface area contributed by atoms with Gasteiger partial charge in [-0.25, -0.2) is 0 Å². The van der Waals surface area contributed by atoms with Crippen LogP contribution in [-0.4, -0.2) is 24.6 Å². The van der Waals surface area contributed by atoms with E-state index in [4.69, 9.17) is 9.47 Å². The zero-order valence-corrected chi connectivity index (χ0v) is 15.4. The van der Waals surface area contributed by atoms with E-state index in [0.717, 1.165) is 32.1 Å². The molecule has 0 amide bonds. The number of esters is 2. The van der Waals surface area contributed by atoms with Crippen molar-refractivity contribution in [2.45, 2.75) is 104 Å². The maximum Gasteiger partial charge on any atom is 0.306 e. The van der Waals surface area contributed by atoms with Crippen LogP contribution in [0.25, 0.3) is 0 Å². The van der Waals surface area contributed by atoms with Crippen LogP contribution in [0.5, 0.6) is 0 Å². The highest BCUT2D eigenvalue weighted by molar-refractivity contribution is 5.72. The molecular formula is C19H36O4. The minimum Gasteiger partial charge on any atom is -0.466 e. The molecular weight excluding hydrogens is 292 g/mol. The van der Waals surface area contributed by atoms with Gasteiger partial charge in [0.25, 0.3) is 0 Å². The van der Waals surface area contributed by atoms with Crippen molar-refractivity contribution in [2.75, 3.05) is 6.61 Å². The van der Waals surface area contributed by atoms with Crippen molar-refractivity contribution in [1.29, 1.82) is 0 Å². The molecule has 0 spiro atoms. The summed E-state index contributed by atoms with van der Waals surface area (Å²) in [6.45, 7) is 6.80. The number of hydrogen-bond donors (Lipinski definition) is 0. The molecule has 23 heavy (non-hydrogen) atoms. The fourth-order valence-corrected chi connectivity index (χ4v) is 2.43. The molecule has 0 heterocycles. The predicted molar refractivity (Wildman–Crippen MR) is 93.3 cm³/mol. The molecule has 0 aliphatic heterocycles. The third-order valence-electron chi connectivity index (χ3n) is 3.89. The van der Waals surface area contributed by atoms with Crippen molar-refractivity contribution in [1.82, 2.24) is 0 Å². The van der Waals surface area contributed by atoms with Crippen molar-refractivity contribution in [3.63, 3.8) is 0 Å². The van der Waals surface area contributed by atoms with Crippen molar-refractivity contribution in [3.05, 3.63) is 0 Å². The molecule has 136 valence electrons. The Kier molecular flexibility index (Phi) is 15.1. The van der Waals surface area contributed by atoms with E-state index in [2.05, 4.69) is 13.8 Å². The Balaban J connectivity index is 3.53. The molecule has 0 bridgehead atoms. The van der Waals surface area contributed by atoms with Crippen LogP contribution in [-0.2, 0) is 19.1 Å².